The Hall–Kier alpha value is -1.18. The summed E-state index contributed by atoms with van der Waals surface area (Å²) in [6, 6.07) is 5.58. The van der Waals surface area contributed by atoms with E-state index in [1.54, 1.807) is 13.2 Å². The quantitative estimate of drug-likeness (QED) is 0.658. The smallest absolute Gasteiger partial charge is 0.213 e. The van der Waals surface area contributed by atoms with Gasteiger partial charge in [-0.3, -0.25) is 0 Å². The molecule has 0 aliphatic heterocycles. The molecule has 1 heterocycles. The molecular formula is C11H19N3O3S. The van der Waals surface area contributed by atoms with Crippen LogP contribution in [-0.2, 0) is 16.6 Å². The van der Waals surface area contributed by atoms with E-state index in [0.717, 1.165) is 24.9 Å². The molecule has 1 aromatic heterocycles. The summed E-state index contributed by atoms with van der Waals surface area (Å²) in [5, 5.41) is 3.19. The van der Waals surface area contributed by atoms with E-state index in [9.17, 15) is 8.42 Å². The van der Waals surface area contributed by atoms with Crippen LogP contribution in [0.3, 0.4) is 0 Å². The zero-order valence-electron chi connectivity index (χ0n) is 10.6. The maximum atomic E-state index is 10.8. The molecule has 0 aliphatic carbocycles. The molecule has 0 saturated carbocycles. The number of methoxy groups -OCH3 is 1. The normalized spacial score (nSPS) is 11.4. The third-order valence-corrected chi connectivity index (χ3v) is 2.92. The maximum Gasteiger partial charge on any atom is 0.213 e. The van der Waals surface area contributed by atoms with E-state index in [-0.39, 0.29) is 0 Å². The molecule has 102 valence electrons. The van der Waals surface area contributed by atoms with Crippen molar-refractivity contribution in [1.82, 2.24) is 15.0 Å². The molecule has 0 fully saturated rings. The largest absolute Gasteiger partial charge is 0.481 e. The predicted octanol–water partition coefficient (Wildman–Crippen LogP) is 0.119. The third-order valence-electron chi connectivity index (χ3n) is 2.19. The molecule has 6 nitrogen and oxygen atoms in total. The number of ether oxygens (including phenoxy) is 1. The van der Waals surface area contributed by atoms with Crippen LogP contribution in [0.4, 0.5) is 0 Å². The SMILES string of the molecule is COc1cccc(CNCCCNS(C)(=O)=O)n1. The molecule has 18 heavy (non-hydrogen) atoms. The van der Waals surface area contributed by atoms with E-state index in [1.165, 1.54) is 0 Å². The first-order chi connectivity index (χ1) is 8.51. The standard InChI is InChI=1S/C11H19N3O3S/c1-17-11-6-3-5-10(14-11)9-12-7-4-8-13-18(2,15)16/h3,5-6,12-13H,4,7-9H2,1-2H3. The number of nitrogens with one attached hydrogen (secondary N) is 2. The van der Waals surface area contributed by atoms with Gasteiger partial charge in [0.25, 0.3) is 0 Å². The molecule has 1 rings (SSSR count). The highest BCUT2D eigenvalue weighted by atomic mass is 32.2. The summed E-state index contributed by atoms with van der Waals surface area (Å²) in [7, 11) is -1.50. The van der Waals surface area contributed by atoms with Crippen LogP contribution in [0, 0.1) is 0 Å². The van der Waals surface area contributed by atoms with Gasteiger partial charge in [-0.2, -0.15) is 0 Å². The van der Waals surface area contributed by atoms with Gasteiger partial charge in [0, 0.05) is 19.2 Å². The van der Waals surface area contributed by atoms with Gasteiger partial charge >= 0.3 is 0 Å². The molecular weight excluding hydrogens is 254 g/mol. The maximum absolute atomic E-state index is 10.8. The lowest BCUT2D eigenvalue weighted by Crippen LogP contribution is -2.26. The molecule has 0 unspecified atom stereocenters. The van der Waals surface area contributed by atoms with Gasteiger partial charge in [0.15, 0.2) is 0 Å². The molecule has 2 N–H and O–H groups in total. The number of pyridine rings is 1. The van der Waals surface area contributed by atoms with Gasteiger partial charge in [0.2, 0.25) is 15.9 Å². The number of sulfonamides is 1. The Morgan fingerprint density at radius 1 is 1.33 bits per heavy atom. The Kier molecular flexibility index (Phi) is 6.03. The van der Waals surface area contributed by atoms with Crippen LogP contribution in [-0.4, -0.2) is 39.9 Å². The van der Waals surface area contributed by atoms with Gasteiger partial charge in [0.1, 0.15) is 0 Å². The summed E-state index contributed by atoms with van der Waals surface area (Å²) in [6.07, 6.45) is 1.89. The van der Waals surface area contributed by atoms with Crippen LogP contribution in [0.1, 0.15) is 12.1 Å². The molecule has 7 heteroatoms. The van der Waals surface area contributed by atoms with Crippen LogP contribution in [0.2, 0.25) is 0 Å². The van der Waals surface area contributed by atoms with Crippen molar-refractivity contribution >= 4 is 10.0 Å². The lowest BCUT2D eigenvalue weighted by Gasteiger charge is -2.06. The minimum Gasteiger partial charge on any atom is -0.481 e. The van der Waals surface area contributed by atoms with Crippen molar-refractivity contribution in [3.05, 3.63) is 23.9 Å². The monoisotopic (exact) mass is 273 g/mol. The van der Waals surface area contributed by atoms with Gasteiger partial charge in [0.05, 0.1) is 19.1 Å². The molecule has 0 aliphatic rings. The second kappa shape index (κ2) is 7.30. The van der Waals surface area contributed by atoms with Crippen LogP contribution >= 0.6 is 0 Å². The third kappa shape index (κ3) is 6.53. The molecule has 0 radical (unpaired) electrons. The van der Waals surface area contributed by atoms with Crippen LogP contribution in [0.5, 0.6) is 5.88 Å². The van der Waals surface area contributed by atoms with E-state index in [0.29, 0.717) is 19.0 Å². The number of nitrogens with zero attached hydrogens (tertiary/aromatic N) is 1. The second-order valence-corrected chi connectivity index (χ2v) is 5.70. The summed E-state index contributed by atoms with van der Waals surface area (Å²) in [4.78, 5) is 4.25. The summed E-state index contributed by atoms with van der Waals surface area (Å²) in [5.74, 6) is 0.591. The zero-order valence-corrected chi connectivity index (χ0v) is 11.5. The molecule has 0 amide bonds. The first-order valence-electron chi connectivity index (χ1n) is 5.66. The topological polar surface area (TPSA) is 80.3 Å². The van der Waals surface area contributed by atoms with E-state index in [2.05, 4.69) is 15.0 Å². The van der Waals surface area contributed by atoms with Crippen LogP contribution in [0.25, 0.3) is 0 Å². The van der Waals surface area contributed by atoms with Gasteiger partial charge in [-0.15, -0.1) is 0 Å². The Morgan fingerprint density at radius 3 is 2.78 bits per heavy atom. The fraction of sp³-hybridized carbons (Fsp3) is 0.545. The van der Waals surface area contributed by atoms with Crippen molar-refractivity contribution in [1.29, 1.82) is 0 Å². The van der Waals surface area contributed by atoms with E-state index in [1.807, 2.05) is 12.1 Å². The minimum absolute atomic E-state index is 0.442. The first-order valence-corrected chi connectivity index (χ1v) is 7.55. The Labute approximate surface area is 108 Å². The van der Waals surface area contributed by atoms with Crippen molar-refractivity contribution in [2.75, 3.05) is 26.5 Å². The fourth-order valence-corrected chi connectivity index (χ4v) is 1.87. The zero-order chi connectivity index (χ0) is 13.4. The summed E-state index contributed by atoms with van der Waals surface area (Å²) in [6.45, 7) is 1.80. The highest BCUT2D eigenvalue weighted by Crippen LogP contribution is 2.05. The lowest BCUT2D eigenvalue weighted by atomic mass is 10.3. The number of aromatic nitrogens is 1. The fourth-order valence-electron chi connectivity index (χ4n) is 1.36. The van der Waals surface area contributed by atoms with E-state index in [4.69, 9.17) is 4.74 Å². The molecule has 0 bridgehead atoms. The van der Waals surface area contributed by atoms with Crippen molar-refractivity contribution in [3.63, 3.8) is 0 Å². The highest BCUT2D eigenvalue weighted by Gasteiger charge is 1.99. The summed E-state index contributed by atoms with van der Waals surface area (Å²) < 4.78 is 29.1. The first kappa shape index (κ1) is 14.9. The average molecular weight is 273 g/mol. The van der Waals surface area contributed by atoms with Gasteiger partial charge in [-0.25, -0.2) is 18.1 Å². The number of rotatable bonds is 8. The van der Waals surface area contributed by atoms with Crippen molar-refractivity contribution < 1.29 is 13.2 Å². The molecule has 1 aromatic rings. The predicted molar refractivity (Wildman–Crippen MR) is 70.0 cm³/mol. The lowest BCUT2D eigenvalue weighted by molar-refractivity contribution is 0.395. The van der Waals surface area contributed by atoms with E-state index >= 15 is 0 Å². The van der Waals surface area contributed by atoms with Crippen LogP contribution in [0.15, 0.2) is 18.2 Å². The van der Waals surface area contributed by atoms with Gasteiger partial charge in [-0.1, -0.05) is 6.07 Å². The number of hydrogen-bond donors (Lipinski definition) is 2. The average Bonchev–Trinajstić information content (AvgIpc) is 2.32. The molecule has 0 saturated heterocycles. The highest BCUT2D eigenvalue weighted by molar-refractivity contribution is 7.88. The summed E-state index contributed by atoms with van der Waals surface area (Å²) >= 11 is 0. The molecule has 0 aromatic carbocycles. The van der Waals surface area contributed by atoms with Crippen molar-refractivity contribution in [2.45, 2.75) is 13.0 Å². The molecule has 0 spiro atoms. The Bertz CT molecular complexity index is 462. The number of hydrogen-bond acceptors (Lipinski definition) is 5. The van der Waals surface area contributed by atoms with Crippen molar-refractivity contribution in [3.8, 4) is 5.88 Å². The Morgan fingerprint density at radius 2 is 2.11 bits per heavy atom. The van der Waals surface area contributed by atoms with Gasteiger partial charge in [-0.05, 0) is 19.0 Å². The Balaban J connectivity index is 2.18. The second-order valence-electron chi connectivity index (χ2n) is 3.87. The molecule has 0 atom stereocenters. The van der Waals surface area contributed by atoms with Gasteiger partial charge < -0.3 is 10.1 Å². The minimum atomic E-state index is -3.08. The van der Waals surface area contributed by atoms with E-state index < -0.39 is 10.0 Å². The van der Waals surface area contributed by atoms with Crippen molar-refractivity contribution in [2.24, 2.45) is 0 Å². The summed E-state index contributed by atoms with van der Waals surface area (Å²) in [5.41, 5.74) is 0.894. The van der Waals surface area contributed by atoms with Crippen LogP contribution < -0.4 is 14.8 Å².